The summed E-state index contributed by atoms with van der Waals surface area (Å²) in [6.07, 6.45) is 0. The third-order valence-corrected chi connectivity index (χ3v) is 4.38. The summed E-state index contributed by atoms with van der Waals surface area (Å²) in [5.74, 6) is 0.269. The molecule has 1 aromatic heterocycles. The topological polar surface area (TPSA) is 127 Å². The molecule has 9 heteroatoms. The second-order valence-electron chi connectivity index (χ2n) is 4.08. The van der Waals surface area contributed by atoms with Gasteiger partial charge in [0.15, 0.2) is 5.82 Å². The number of nitrogens with one attached hydrogen (secondary N) is 2. The Morgan fingerprint density at radius 3 is 2.79 bits per heavy atom. The molecule has 0 aliphatic carbocycles. The molecule has 0 radical (unpaired) electrons. The monoisotopic (exact) mass is 282 g/mol. The Morgan fingerprint density at radius 1 is 1.42 bits per heavy atom. The fraction of sp³-hybridized carbons (Fsp3) is 0.300. The van der Waals surface area contributed by atoms with Crippen LogP contribution >= 0.6 is 0 Å². The second kappa shape index (κ2) is 4.94. The van der Waals surface area contributed by atoms with Gasteiger partial charge < -0.3 is 5.73 Å². The van der Waals surface area contributed by atoms with Crippen molar-refractivity contribution in [2.75, 3.05) is 5.73 Å². The van der Waals surface area contributed by atoms with E-state index < -0.39 is 16.1 Å². The number of sulfonamides is 1. The van der Waals surface area contributed by atoms with Crippen LogP contribution in [0.4, 0.5) is 5.69 Å². The molecule has 102 valence electrons. The lowest BCUT2D eigenvalue weighted by Gasteiger charge is -2.13. The molecule has 0 fully saturated rings. The van der Waals surface area contributed by atoms with Crippen LogP contribution in [0.15, 0.2) is 23.1 Å². The number of aromatic amines is 1. The van der Waals surface area contributed by atoms with Crippen molar-refractivity contribution in [3.8, 4) is 0 Å². The molecular weight excluding hydrogens is 268 g/mol. The minimum absolute atomic E-state index is 0.142. The van der Waals surface area contributed by atoms with E-state index in [9.17, 15) is 8.42 Å². The van der Waals surface area contributed by atoms with Crippen LogP contribution in [0.1, 0.15) is 24.4 Å². The molecule has 1 aromatic carbocycles. The molecule has 2 rings (SSSR count). The highest BCUT2D eigenvalue weighted by molar-refractivity contribution is 7.89. The van der Waals surface area contributed by atoms with Crippen molar-refractivity contribution in [2.45, 2.75) is 24.8 Å². The number of nitrogen functional groups attached to an aromatic ring is 1. The second-order valence-corrected chi connectivity index (χ2v) is 5.77. The van der Waals surface area contributed by atoms with E-state index in [0.717, 1.165) is 0 Å². The van der Waals surface area contributed by atoms with Gasteiger partial charge in [-0.2, -0.15) is 5.21 Å². The zero-order valence-electron chi connectivity index (χ0n) is 10.5. The highest BCUT2D eigenvalue weighted by Gasteiger charge is 2.22. The number of tetrazole rings is 1. The molecule has 0 bridgehead atoms. The van der Waals surface area contributed by atoms with Gasteiger partial charge in [-0.1, -0.05) is 11.3 Å². The van der Waals surface area contributed by atoms with E-state index in [2.05, 4.69) is 25.3 Å². The lowest BCUT2D eigenvalue weighted by Crippen LogP contribution is -2.28. The summed E-state index contributed by atoms with van der Waals surface area (Å²) in [5.41, 5.74) is 6.65. The fourth-order valence-electron chi connectivity index (χ4n) is 1.62. The van der Waals surface area contributed by atoms with Crippen LogP contribution in [-0.4, -0.2) is 29.0 Å². The van der Waals surface area contributed by atoms with E-state index >= 15 is 0 Å². The molecule has 19 heavy (non-hydrogen) atoms. The maximum Gasteiger partial charge on any atom is 0.241 e. The number of H-pyrrole nitrogens is 1. The highest BCUT2D eigenvalue weighted by atomic mass is 32.2. The maximum absolute atomic E-state index is 12.3. The largest absolute Gasteiger partial charge is 0.398 e. The summed E-state index contributed by atoms with van der Waals surface area (Å²) < 4.78 is 27.0. The van der Waals surface area contributed by atoms with Crippen molar-refractivity contribution in [1.82, 2.24) is 25.3 Å². The van der Waals surface area contributed by atoms with Gasteiger partial charge in [0.1, 0.15) is 0 Å². The molecule has 4 N–H and O–H groups in total. The number of anilines is 1. The number of hydrogen-bond acceptors (Lipinski definition) is 6. The molecule has 2 aromatic rings. The van der Waals surface area contributed by atoms with Gasteiger partial charge in [-0.25, -0.2) is 13.1 Å². The Bertz CT molecular complexity index is 667. The number of rotatable bonds is 4. The fourth-order valence-corrected chi connectivity index (χ4v) is 3.10. The van der Waals surface area contributed by atoms with Crippen LogP contribution < -0.4 is 10.5 Å². The predicted molar refractivity (Wildman–Crippen MR) is 68.5 cm³/mol. The van der Waals surface area contributed by atoms with Gasteiger partial charge in [0, 0.05) is 5.69 Å². The van der Waals surface area contributed by atoms with E-state index in [1.807, 2.05) is 0 Å². The smallest absolute Gasteiger partial charge is 0.241 e. The van der Waals surface area contributed by atoms with Crippen LogP contribution in [0.2, 0.25) is 0 Å². The van der Waals surface area contributed by atoms with E-state index in [1.165, 1.54) is 6.07 Å². The van der Waals surface area contributed by atoms with Crippen LogP contribution in [-0.2, 0) is 10.0 Å². The summed E-state index contributed by atoms with van der Waals surface area (Å²) in [7, 11) is -3.69. The van der Waals surface area contributed by atoms with Crippen molar-refractivity contribution in [3.63, 3.8) is 0 Å². The van der Waals surface area contributed by atoms with Crippen LogP contribution in [0.5, 0.6) is 0 Å². The molecule has 0 amide bonds. The Morgan fingerprint density at radius 2 is 2.16 bits per heavy atom. The summed E-state index contributed by atoms with van der Waals surface area (Å²) in [6.45, 7) is 3.28. The van der Waals surface area contributed by atoms with Crippen LogP contribution in [0.3, 0.4) is 0 Å². The summed E-state index contributed by atoms with van der Waals surface area (Å²) in [4.78, 5) is 0.142. The molecule has 0 saturated carbocycles. The molecule has 0 aliphatic heterocycles. The molecular formula is C10H14N6O2S. The third-order valence-electron chi connectivity index (χ3n) is 2.70. The molecule has 8 nitrogen and oxygen atoms in total. The van der Waals surface area contributed by atoms with Crippen molar-refractivity contribution < 1.29 is 8.42 Å². The first-order valence-electron chi connectivity index (χ1n) is 5.52. The molecule has 1 atom stereocenters. The van der Waals surface area contributed by atoms with Crippen molar-refractivity contribution in [2.24, 2.45) is 0 Å². The normalized spacial score (nSPS) is 13.4. The maximum atomic E-state index is 12.3. The van der Waals surface area contributed by atoms with Gasteiger partial charge in [-0.3, -0.25) is 0 Å². The zero-order chi connectivity index (χ0) is 14.0. The van der Waals surface area contributed by atoms with Gasteiger partial charge in [0.2, 0.25) is 10.0 Å². The van der Waals surface area contributed by atoms with Gasteiger partial charge in [0.25, 0.3) is 0 Å². The first-order chi connectivity index (χ1) is 8.92. The first-order valence-corrected chi connectivity index (χ1v) is 7.01. The van der Waals surface area contributed by atoms with E-state index in [0.29, 0.717) is 11.3 Å². The zero-order valence-corrected chi connectivity index (χ0v) is 11.3. The minimum atomic E-state index is -3.69. The Kier molecular flexibility index (Phi) is 3.49. The summed E-state index contributed by atoms with van der Waals surface area (Å²) >= 11 is 0. The average molecular weight is 282 g/mol. The predicted octanol–water partition coefficient (Wildman–Crippen LogP) is 0.130. The number of hydrogen-bond donors (Lipinski definition) is 3. The number of nitrogens with zero attached hydrogens (tertiary/aromatic N) is 3. The van der Waals surface area contributed by atoms with Gasteiger partial charge in [0.05, 0.1) is 10.9 Å². The Balaban J connectivity index is 2.31. The minimum Gasteiger partial charge on any atom is -0.398 e. The summed E-state index contributed by atoms with van der Waals surface area (Å²) in [6, 6.07) is 4.15. The quantitative estimate of drug-likeness (QED) is 0.684. The Labute approximate surface area is 110 Å². The third kappa shape index (κ3) is 2.71. The number of aromatic nitrogens is 4. The molecule has 1 heterocycles. The highest BCUT2D eigenvalue weighted by Crippen LogP contribution is 2.21. The standard InChI is InChI=1S/C10H14N6O2S/c1-6-8(11)4-3-5-9(6)19(17,18)14-7(2)10-12-15-16-13-10/h3-5,7,14H,11H2,1-2H3,(H,12,13,15,16). The Hall–Kier alpha value is -2.00. The van der Waals surface area contributed by atoms with E-state index in [4.69, 9.17) is 5.73 Å². The van der Waals surface area contributed by atoms with E-state index in [1.54, 1.807) is 26.0 Å². The van der Waals surface area contributed by atoms with Crippen LogP contribution in [0.25, 0.3) is 0 Å². The molecule has 0 saturated heterocycles. The van der Waals surface area contributed by atoms with Gasteiger partial charge >= 0.3 is 0 Å². The lowest BCUT2D eigenvalue weighted by atomic mass is 10.2. The average Bonchev–Trinajstić information content (AvgIpc) is 2.85. The van der Waals surface area contributed by atoms with Gasteiger partial charge in [-0.05, 0) is 31.5 Å². The van der Waals surface area contributed by atoms with Crippen LogP contribution in [0, 0.1) is 6.92 Å². The summed E-state index contributed by atoms with van der Waals surface area (Å²) in [5, 5.41) is 13.1. The number of benzene rings is 1. The molecule has 0 aliphatic rings. The van der Waals surface area contributed by atoms with Crippen molar-refractivity contribution >= 4 is 15.7 Å². The number of nitrogens with two attached hydrogens (primary N) is 1. The SMILES string of the molecule is Cc1c(N)cccc1S(=O)(=O)NC(C)c1nn[nH]n1. The molecule has 0 spiro atoms. The van der Waals surface area contributed by atoms with Crippen molar-refractivity contribution in [3.05, 3.63) is 29.6 Å². The van der Waals surface area contributed by atoms with Gasteiger partial charge in [-0.15, -0.1) is 10.2 Å². The van der Waals surface area contributed by atoms with Crippen molar-refractivity contribution in [1.29, 1.82) is 0 Å². The first kappa shape index (κ1) is 13.4. The van der Waals surface area contributed by atoms with E-state index in [-0.39, 0.29) is 10.7 Å². The lowest BCUT2D eigenvalue weighted by molar-refractivity contribution is 0.559. The molecule has 1 unspecified atom stereocenters.